The van der Waals surface area contributed by atoms with Gasteiger partial charge in [0, 0.05) is 12.3 Å². The van der Waals surface area contributed by atoms with Crippen LogP contribution in [0.5, 0.6) is 0 Å². The molecule has 0 bridgehead atoms. The van der Waals surface area contributed by atoms with Crippen molar-refractivity contribution in [3.63, 3.8) is 0 Å². The lowest BCUT2D eigenvalue weighted by Crippen LogP contribution is -2.55. The van der Waals surface area contributed by atoms with E-state index in [2.05, 4.69) is 0 Å². The highest BCUT2D eigenvalue weighted by atomic mass is 31.2. The number of aromatic nitrogens is 2. The van der Waals surface area contributed by atoms with Crippen molar-refractivity contribution < 1.29 is 70.4 Å². The number of rotatable bonds is 15. The molecule has 0 aromatic carbocycles. The molecule has 21 heteroatoms. The summed E-state index contributed by atoms with van der Waals surface area (Å²) >= 11 is 0. The molecule has 2 aliphatic rings. The first-order chi connectivity index (χ1) is 21.8. The number of halogens is 1. The maximum atomic E-state index is 15.1. The minimum atomic E-state index is -5.16. The number of alkyl halides is 1. The molecule has 19 nitrogen and oxygen atoms in total. The Bertz CT molecular complexity index is 1450. The molecule has 266 valence electrons. The molecule has 0 radical (unpaired) electrons. The van der Waals surface area contributed by atoms with E-state index in [0.29, 0.717) is 4.57 Å². The molecule has 1 aliphatic carbocycles. The Hall–Kier alpha value is -3.39. The topological polar surface area (TPSA) is 252 Å². The Morgan fingerprint density at radius 3 is 2.04 bits per heavy atom. The first-order valence-corrected chi connectivity index (χ1v) is 15.7. The lowest BCUT2D eigenvalue weighted by molar-refractivity contribution is -0.191. The lowest BCUT2D eigenvalue weighted by Gasteiger charge is -2.35. The number of ether oxygens (including phenoxy) is 6. The van der Waals surface area contributed by atoms with Crippen LogP contribution < -0.4 is 17.0 Å². The molecular formula is C26H39FN3O16P. The van der Waals surface area contributed by atoms with Crippen molar-refractivity contribution in [3.05, 3.63) is 33.1 Å². The summed E-state index contributed by atoms with van der Waals surface area (Å²) in [6, 6.07) is -0.410. The molecule has 4 N–H and O–H groups in total. The number of H-pyrrole nitrogens is 1. The molecule has 6 atom stereocenters. The Morgan fingerprint density at radius 2 is 1.60 bits per heavy atom. The monoisotopic (exact) mass is 699 g/mol. The van der Waals surface area contributed by atoms with Crippen LogP contribution in [0, 0.1) is 5.92 Å². The standard InChI is InChI=1S/C26H39FN3O16P/c1-13(2)17(28)18(32)44-26-19(25(26,10-27)45-20(24(26,7)36)30-9-8-16(31)29-21(30)33)46-47(37,40-11-38-22(34)42-14(3)4)41-12-39-23(35)43-15(5)6/h8-9,13-15,17,19-20,36H,10-12,28H2,1-7H3,(H,29,31,33). The Labute approximate surface area is 267 Å². The third-order valence-corrected chi connectivity index (χ3v) is 8.43. The van der Waals surface area contributed by atoms with Crippen molar-refractivity contribution in [1.29, 1.82) is 0 Å². The van der Waals surface area contributed by atoms with E-state index in [1.165, 1.54) is 27.7 Å². The number of aliphatic hydroxyl groups is 1. The number of carbonyl (C=O) groups excluding carboxylic acids is 3. The largest absolute Gasteiger partial charge is 0.510 e. The van der Waals surface area contributed by atoms with Crippen LogP contribution in [0.15, 0.2) is 21.9 Å². The highest BCUT2D eigenvalue weighted by molar-refractivity contribution is 7.48. The molecule has 1 aliphatic heterocycles. The molecule has 3 rings (SSSR count). The van der Waals surface area contributed by atoms with E-state index in [4.69, 9.17) is 47.7 Å². The molecule has 1 saturated carbocycles. The average Bonchev–Trinajstić information content (AvgIpc) is 3.41. The summed E-state index contributed by atoms with van der Waals surface area (Å²) in [5, 5.41) is 11.9. The number of aromatic amines is 1. The van der Waals surface area contributed by atoms with Gasteiger partial charge in [-0.3, -0.25) is 23.7 Å². The van der Waals surface area contributed by atoms with Gasteiger partial charge in [-0.15, -0.1) is 0 Å². The van der Waals surface area contributed by atoms with Crippen LogP contribution >= 0.6 is 7.82 Å². The number of hydrogen-bond acceptors (Lipinski definition) is 17. The highest BCUT2D eigenvalue weighted by Gasteiger charge is 2.96. The minimum Gasteiger partial charge on any atom is -0.448 e. The van der Waals surface area contributed by atoms with Gasteiger partial charge >= 0.3 is 31.8 Å². The minimum absolute atomic E-state index is 0.523. The van der Waals surface area contributed by atoms with Gasteiger partial charge in [0.2, 0.25) is 19.2 Å². The second kappa shape index (κ2) is 14.4. The molecule has 1 aromatic heterocycles. The van der Waals surface area contributed by atoms with Crippen LogP contribution in [-0.4, -0.2) is 94.4 Å². The Balaban J connectivity index is 2.01. The van der Waals surface area contributed by atoms with E-state index in [1.807, 2.05) is 4.98 Å². The molecule has 1 saturated heterocycles. The summed E-state index contributed by atoms with van der Waals surface area (Å²) in [5.41, 5.74) is -3.61. The molecule has 6 unspecified atom stereocenters. The summed E-state index contributed by atoms with van der Waals surface area (Å²) in [6.45, 7) is 6.32. The average molecular weight is 700 g/mol. The van der Waals surface area contributed by atoms with Crippen molar-refractivity contribution in [3.8, 4) is 0 Å². The van der Waals surface area contributed by atoms with Gasteiger partial charge in [0.15, 0.2) is 23.5 Å². The molecule has 0 amide bonds. The number of nitrogens with two attached hydrogens (primary N) is 1. The zero-order chi connectivity index (χ0) is 35.5. The number of fused-ring (bicyclic) bond motifs is 1. The Morgan fingerprint density at radius 1 is 1.06 bits per heavy atom. The number of nitrogens with zero attached hydrogens (tertiary/aromatic N) is 1. The van der Waals surface area contributed by atoms with Crippen LogP contribution in [0.1, 0.15) is 54.7 Å². The maximum Gasteiger partial charge on any atom is 0.510 e. The predicted molar refractivity (Wildman–Crippen MR) is 152 cm³/mol. The molecule has 2 heterocycles. The predicted octanol–water partition coefficient (Wildman–Crippen LogP) is 1.37. The van der Waals surface area contributed by atoms with E-state index in [1.54, 1.807) is 13.8 Å². The first-order valence-electron chi connectivity index (χ1n) is 14.3. The fraction of sp³-hybridized carbons (Fsp3) is 0.731. The van der Waals surface area contributed by atoms with E-state index in [-0.39, 0.29) is 0 Å². The van der Waals surface area contributed by atoms with Gasteiger partial charge in [0.05, 0.1) is 12.2 Å². The van der Waals surface area contributed by atoms with E-state index >= 15 is 4.39 Å². The SMILES string of the molecule is CC(C)OC(=O)OCOP(=O)(OCOC(=O)OC(C)C)OC1C2(CF)OC(n3ccc(=O)[nH]c3=O)C(C)(O)C12OC(=O)C(N)C(C)C. The van der Waals surface area contributed by atoms with Crippen LogP contribution in [-0.2, 0) is 51.4 Å². The zero-order valence-electron chi connectivity index (χ0n) is 26.7. The van der Waals surface area contributed by atoms with Crippen LogP contribution in [0.3, 0.4) is 0 Å². The number of nitrogens with one attached hydrogen (secondary N) is 1. The number of phosphoric acid groups is 1. The van der Waals surface area contributed by atoms with Gasteiger partial charge in [0.25, 0.3) is 5.56 Å². The fourth-order valence-electron chi connectivity index (χ4n) is 4.79. The second-order valence-corrected chi connectivity index (χ2v) is 13.3. The van der Waals surface area contributed by atoms with Crippen molar-refractivity contribution >= 4 is 26.1 Å². The van der Waals surface area contributed by atoms with Gasteiger partial charge in [-0.1, -0.05) is 13.8 Å². The van der Waals surface area contributed by atoms with Crippen molar-refractivity contribution in [2.24, 2.45) is 11.7 Å². The first kappa shape index (κ1) is 38.1. The summed E-state index contributed by atoms with van der Waals surface area (Å²) in [4.78, 5) is 63.1. The zero-order valence-corrected chi connectivity index (χ0v) is 27.6. The fourth-order valence-corrected chi connectivity index (χ4v) is 5.92. The number of esters is 1. The summed E-state index contributed by atoms with van der Waals surface area (Å²) < 4.78 is 75.6. The van der Waals surface area contributed by atoms with E-state index in [9.17, 15) is 33.6 Å². The van der Waals surface area contributed by atoms with Crippen molar-refractivity contribution in [1.82, 2.24) is 9.55 Å². The highest BCUT2D eigenvalue weighted by Crippen LogP contribution is 2.73. The van der Waals surface area contributed by atoms with Crippen LogP contribution in [0.2, 0.25) is 0 Å². The molecular weight excluding hydrogens is 660 g/mol. The molecule has 47 heavy (non-hydrogen) atoms. The lowest BCUT2D eigenvalue weighted by atomic mass is 9.93. The normalized spacial score (nSPS) is 27.3. The maximum absolute atomic E-state index is 15.1. The summed E-state index contributed by atoms with van der Waals surface area (Å²) in [6.07, 6.45) is -6.61. The van der Waals surface area contributed by atoms with Gasteiger partial charge in [-0.2, -0.15) is 0 Å². The van der Waals surface area contributed by atoms with Crippen molar-refractivity contribution in [2.75, 3.05) is 20.3 Å². The Kier molecular flexibility index (Phi) is 11.7. The van der Waals surface area contributed by atoms with Gasteiger partial charge in [-0.05, 0) is 40.5 Å². The third kappa shape index (κ3) is 7.69. The van der Waals surface area contributed by atoms with Crippen LogP contribution in [0.25, 0.3) is 0 Å². The van der Waals surface area contributed by atoms with Gasteiger partial charge in [-0.25, -0.2) is 32.4 Å². The molecule has 0 spiro atoms. The molecule has 1 aromatic rings. The summed E-state index contributed by atoms with van der Waals surface area (Å²) in [7, 11) is -5.16. The number of phosphoric ester groups is 1. The quantitative estimate of drug-likeness (QED) is 0.101. The third-order valence-electron chi connectivity index (χ3n) is 7.12. The summed E-state index contributed by atoms with van der Waals surface area (Å²) in [5.74, 6) is -1.69. The molecule has 2 fully saturated rings. The smallest absolute Gasteiger partial charge is 0.448 e. The van der Waals surface area contributed by atoms with Crippen LogP contribution in [0.4, 0.5) is 14.0 Å². The second-order valence-electron chi connectivity index (χ2n) is 11.6. The number of carbonyl (C=O) groups is 3. The van der Waals surface area contributed by atoms with Gasteiger partial charge in [0.1, 0.15) is 12.7 Å². The number of hydrogen-bond donors (Lipinski definition) is 3. The van der Waals surface area contributed by atoms with E-state index < -0.39 is 111 Å². The van der Waals surface area contributed by atoms with Gasteiger partial charge < -0.3 is 39.3 Å². The van der Waals surface area contributed by atoms with Crippen molar-refractivity contribution in [2.45, 2.75) is 95.9 Å². The van der Waals surface area contributed by atoms with E-state index in [0.717, 1.165) is 19.2 Å².